The highest BCUT2D eigenvalue weighted by atomic mass is 32.3. The zero-order valence-electron chi connectivity index (χ0n) is 9.96. The number of carbonyl (C=O) groups is 1. The molecule has 102 valence electrons. The molecule has 0 aromatic carbocycles. The van der Waals surface area contributed by atoms with Gasteiger partial charge in [-0.25, -0.2) is 9.48 Å². The lowest BCUT2D eigenvalue weighted by Crippen LogP contribution is -2.23. The van der Waals surface area contributed by atoms with Gasteiger partial charge < -0.3 is 4.74 Å². The fraction of sp³-hybridized carbons (Fsp3) is 0.600. The Balaban J connectivity index is 2.30. The molecule has 0 bridgehead atoms. The predicted molar refractivity (Wildman–Crippen MR) is 67.0 cm³/mol. The van der Waals surface area contributed by atoms with Crippen molar-refractivity contribution in [2.45, 2.75) is 25.1 Å². The molecule has 0 amide bonds. The van der Waals surface area contributed by atoms with E-state index < -0.39 is 27.5 Å². The lowest BCUT2D eigenvalue weighted by molar-refractivity contribution is 0.0518. The van der Waals surface area contributed by atoms with Gasteiger partial charge in [-0.2, -0.15) is 10.6 Å². The summed E-state index contributed by atoms with van der Waals surface area (Å²) in [5.41, 5.74) is -0.422. The molecule has 3 N–H and O–H groups in total. The smallest absolute Gasteiger partial charge is 0.356 e. The van der Waals surface area contributed by atoms with Gasteiger partial charge in [0.25, 0.3) is 5.56 Å². The fourth-order valence-electron chi connectivity index (χ4n) is 2.03. The number of nitrogens with zero attached hydrogens (tertiary/aromatic N) is 1. The van der Waals surface area contributed by atoms with Crippen LogP contribution in [0.5, 0.6) is 0 Å². The number of ether oxygens (including phenoxy) is 1. The molecule has 1 aromatic rings. The summed E-state index contributed by atoms with van der Waals surface area (Å²) in [6, 6.07) is 1.12. The van der Waals surface area contributed by atoms with E-state index in [9.17, 15) is 18.7 Å². The van der Waals surface area contributed by atoms with E-state index in [4.69, 9.17) is 4.74 Å². The molecule has 1 atom stereocenters. The molecule has 18 heavy (non-hydrogen) atoms. The number of esters is 1. The van der Waals surface area contributed by atoms with E-state index in [0.717, 1.165) is 10.7 Å². The average molecular weight is 276 g/mol. The van der Waals surface area contributed by atoms with E-state index in [0.29, 0.717) is 12.8 Å². The quantitative estimate of drug-likeness (QED) is 0.724. The summed E-state index contributed by atoms with van der Waals surface area (Å²) in [6.07, 6.45) is 1.15. The zero-order chi connectivity index (χ0) is 13.3. The number of aromatic nitrogens is 2. The molecule has 1 aliphatic rings. The molecular formula is C10H16N2O5S. The van der Waals surface area contributed by atoms with Gasteiger partial charge in [0.1, 0.15) is 11.1 Å². The van der Waals surface area contributed by atoms with E-state index in [-0.39, 0.29) is 18.1 Å². The SMILES string of the molecule is CCOC(=O)c1cc(=O)n(C2CCCS2(O)O)[nH]1. The summed E-state index contributed by atoms with van der Waals surface area (Å²) in [6.45, 7) is 1.88. The second-order valence-electron chi connectivity index (χ2n) is 4.12. The molecular weight excluding hydrogens is 260 g/mol. The van der Waals surface area contributed by atoms with E-state index in [1.807, 2.05) is 0 Å². The Kier molecular flexibility index (Phi) is 3.51. The standard InChI is InChI=1S/C10H16N2O5S/c1-2-17-10(14)7-6-8(13)12(11-7)9-4-3-5-18(9,15)16/h6,9,11,15-16H,2-5H2,1H3. The molecule has 1 saturated heterocycles. The molecule has 0 spiro atoms. The van der Waals surface area contributed by atoms with Gasteiger partial charge in [0.15, 0.2) is 0 Å². The van der Waals surface area contributed by atoms with Crippen LogP contribution in [0.25, 0.3) is 0 Å². The van der Waals surface area contributed by atoms with Crippen molar-refractivity contribution in [1.82, 2.24) is 9.78 Å². The number of carbonyl (C=O) groups excluding carboxylic acids is 1. The molecule has 1 aliphatic heterocycles. The number of hydrogen-bond donors (Lipinski definition) is 3. The van der Waals surface area contributed by atoms with Crippen molar-refractivity contribution in [3.05, 3.63) is 22.1 Å². The van der Waals surface area contributed by atoms with Crippen LogP contribution in [-0.4, -0.2) is 37.2 Å². The molecule has 1 unspecified atom stereocenters. The number of rotatable bonds is 3. The van der Waals surface area contributed by atoms with Gasteiger partial charge in [-0.3, -0.25) is 19.0 Å². The maximum atomic E-state index is 11.7. The van der Waals surface area contributed by atoms with Crippen molar-refractivity contribution in [1.29, 1.82) is 0 Å². The number of aromatic amines is 1. The second-order valence-corrected chi connectivity index (χ2v) is 6.50. The van der Waals surface area contributed by atoms with Crippen LogP contribution in [0.1, 0.15) is 35.6 Å². The molecule has 8 heteroatoms. The third-order valence-corrected chi connectivity index (χ3v) is 5.07. The van der Waals surface area contributed by atoms with Crippen LogP contribution < -0.4 is 5.56 Å². The van der Waals surface area contributed by atoms with Crippen LogP contribution in [0.3, 0.4) is 0 Å². The molecule has 1 aromatic heterocycles. The third kappa shape index (κ3) is 2.31. The Morgan fingerprint density at radius 1 is 1.67 bits per heavy atom. The van der Waals surface area contributed by atoms with E-state index in [1.54, 1.807) is 6.92 Å². The Morgan fingerprint density at radius 2 is 2.39 bits per heavy atom. The first kappa shape index (κ1) is 13.2. The topological polar surface area (TPSA) is 105 Å². The molecule has 0 radical (unpaired) electrons. The van der Waals surface area contributed by atoms with E-state index in [1.165, 1.54) is 0 Å². The minimum atomic E-state index is -2.81. The maximum absolute atomic E-state index is 11.7. The number of H-pyrrole nitrogens is 1. The van der Waals surface area contributed by atoms with Gasteiger partial charge in [0.05, 0.1) is 6.61 Å². The monoisotopic (exact) mass is 276 g/mol. The van der Waals surface area contributed by atoms with Crippen LogP contribution in [-0.2, 0) is 4.74 Å². The van der Waals surface area contributed by atoms with Crippen LogP contribution in [0.15, 0.2) is 10.9 Å². The lowest BCUT2D eigenvalue weighted by atomic mass is 10.3. The van der Waals surface area contributed by atoms with Gasteiger partial charge in [-0.05, 0) is 19.8 Å². The summed E-state index contributed by atoms with van der Waals surface area (Å²) in [5, 5.41) is 1.92. The summed E-state index contributed by atoms with van der Waals surface area (Å²) in [7, 11) is -2.81. The lowest BCUT2D eigenvalue weighted by Gasteiger charge is -2.33. The Bertz CT molecular complexity index is 507. The van der Waals surface area contributed by atoms with Crippen molar-refractivity contribution in [3.63, 3.8) is 0 Å². The normalized spacial score (nSPS) is 23.8. The van der Waals surface area contributed by atoms with Crippen LogP contribution in [0.4, 0.5) is 0 Å². The predicted octanol–water partition coefficient (Wildman–Crippen LogP) is 1.40. The summed E-state index contributed by atoms with van der Waals surface area (Å²) in [4.78, 5) is 23.2. The number of hydrogen-bond acceptors (Lipinski definition) is 5. The van der Waals surface area contributed by atoms with Crippen molar-refractivity contribution in [2.24, 2.45) is 0 Å². The zero-order valence-corrected chi connectivity index (χ0v) is 10.8. The number of nitrogens with one attached hydrogen (secondary N) is 1. The first-order chi connectivity index (χ1) is 8.45. The highest BCUT2D eigenvalue weighted by Crippen LogP contribution is 2.58. The van der Waals surface area contributed by atoms with Gasteiger partial charge in [-0.1, -0.05) is 0 Å². The molecule has 1 fully saturated rings. The molecule has 7 nitrogen and oxygen atoms in total. The highest BCUT2D eigenvalue weighted by Gasteiger charge is 2.34. The van der Waals surface area contributed by atoms with Crippen molar-refractivity contribution < 1.29 is 18.6 Å². The molecule has 2 rings (SSSR count). The van der Waals surface area contributed by atoms with Crippen LogP contribution in [0, 0.1) is 0 Å². The first-order valence-electron chi connectivity index (χ1n) is 5.69. The Hall–Kier alpha value is -1.25. The first-order valence-corrected chi connectivity index (χ1v) is 7.47. The highest BCUT2D eigenvalue weighted by molar-refractivity contribution is 8.24. The minimum absolute atomic E-state index is 0.0314. The van der Waals surface area contributed by atoms with E-state index in [2.05, 4.69) is 5.10 Å². The summed E-state index contributed by atoms with van der Waals surface area (Å²) >= 11 is 0. The maximum Gasteiger partial charge on any atom is 0.356 e. The van der Waals surface area contributed by atoms with Gasteiger partial charge >= 0.3 is 5.97 Å². The Labute approximate surface area is 105 Å². The van der Waals surface area contributed by atoms with Crippen molar-refractivity contribution >= 4 is 16.6 Å². The molecule has 0 aliphatic carbocycles. The minimum Gasteiger partial charge on any atom is -0.461 e. The fourth-order valence-corrected chi connectivity index (χ4v) is 3.93. The summed E-state index contributed by atoms with van der Waals surface area (Å²) < 4.78 is 25.5. The average Bonchev–Trinajstić information content (AvgIpc) is 2.81. The molecule has 0 saturated carbocycles. The Morgan fingerprint density at radius 3 is 2.94 bits per heavy atom. The molecule has 2 heterocycles. The van der Waals surface area contributed by atoms with Gasteiger partial charge in [0, 0.05) is 11.8 Å². The van der Waals surface area contributed by atoms with E-state index >= 15 is 0 Å². The third-order valence-electron chi connectivity index (χ3n) is 2.86. The van der Waals surface area contributed by atoms with Crippen LogP contribution >= 0.6 is 10.6 Å². The largest absolute Gasteiger partial charge is 0.461 e. The van der Waals surface area contributed by atoms with Crippen molar-refractivity contribution in [3.8, 4) is 0 Å². The van der Waals surface area contributed by atoms with Gasteiger partial charge in [-0.15, -0.1) is 0 Å². The van der Waals surface area contributed by atoms with Crippen LogP contribution in [0.2, 0.25) is 0 Å². The second kappa shape index (κ2) is 4.79. The van der Waals surface area contributed by atoms with Crippen molar-refractivity contribution in [2.75, 3.05) is 12.4 Å². The van der Waals surface area contributed by atoms with Gasteiger partial charge in [0.2, 0.25) is 0 Å². The summed E-state index contributed by atoms with van der Waals surface area (Å²) in [5.74, 6) is -0.333.